The van der Waals surface area contributed by atoms with Crippen LogP contribution in [-0.2, 0) is 21.1 Å². The highest BCUT2D eigenvalue weighted by atomic mass is 32.2. The van der Waals surface area contributed by atoms with Gasteiger partial charge in [0, 0.05) is 6.54 Å². The Kier molecular flexibility index (Phi) is 4.77. The van der Waals surface area contributed by atoms with Crippen molar-refractivity contribution in [1.82, 2.24) is 5.32 Å². The fourth-order valence-corrected chi connectivity index (χ4v) is 2.07. The fraction of sp³-hybridized carbons (Fsp3) is 0.364. The van der Waals surface area contributed by atoms with Crippen molar-refractivity contribution in [2.45, 2.75) is 24.0 Å². The van der Waals surface area contributed by atoms with Gasteiger partial charge < -0.3 is 5.32 Å². The Morgan fingerprint density at radius 2 is 1.83 bits per heavy atom. The SMILES string of the molecule is CCNC(=O)Cc1ccc(S(=O)(=O)C(F)F)cc1. The van der Waals surface area contributed by atoms with Gasteiger partial charge in [0.05, 0.1) is 11.3 Å². The molecule has 100 valence electrons. The third-order valence-electron chi connectivity index (χ3n) is 2.23. The van der Waals surface area contributed by atoms with Gasteiger partial charge in [-0.2, -0.15) is 8.78 Å². The third-order valence-corrected chi connectivity index (χ3v) is 3.62. The Balaban J connectivity index is 2.84. The maximum Gasteiger partial charge on any atom is 0.341 e. The van der Waals surface area contributed by atoms with E-state index in [1.165, 1.54) is 12.1 Å². The summed E-state index contributed by atoms with van der Waals surface area (Å²) in [5.74, 6) is -3.64. The van der Waals surface area contributed by atoms with Crippen LogP contribution in [0.3, 0.4) is 0 Å². The predicted octanol–water partition coefficient (Wildman–Crippen LogP) is 1.36. The first-order valence-corrected chi connectivity index (χ1v) is 6.80. The normalized spacial score (nSPS) is 11.6. The Hall–Kier alpha value is -1.50. The van der Waals surface area contributed by atoms with Crippen LogP contribution in [0, 0.1) is 0 Å². The summed E-state index contributed by atoms with van der Waals surface area (Å²) in [6, 6.07) is 4.86. The zero-order chi connectivity index (χ0) is 13.8. The summed E-state index contributed by atoms with van der Waals surface area (Å²) in [7, 11) is -4.57. The molecule has 0 radical (unpaired) electrons. The molecule has 7 heteroatoms. The van der Waals surface area contributed by atoms with Crippen LogP contribution < -0.4 is 5.32 Å². The van der Waals surface area contributed by atoms with Crippen LogP contribution in [0.5, 0.6) is 0 Å². The van der Waals surface area contributed by atoms with Crippen molar-refractivity contribution < 1.29 is 22.0 Å². The van der Waals surface area contributed by atoms with Gasteiger partial charge in [0.15, 0.2) is 0 Å². The summed E-state index contributed by atoms with van der Waals surface area (Å²) in [4.78, 5) is 10.8. The lowest BCUT2D eigenvalue weighted by molar-refractivity contribution is -0.120. The molecule has 0 fully saturated rings. The van der Waals surface area contributed by atoms with E-state index >= 15 is 0 Å². The number of nitrogens with one attached hydrogen (secondary N) is 1. The zero-order valence-corrected chi connectivity index (χ0v) is 10.5. The maximum atomic E-state index is 12.3. The summed E-state index contributed by atoms with van der Waals surface area (Å²) < 4.78 is 46.8. The van der Waals surface area contributed by atoms with Crippen molar-refractivity contribution in [3.8, 4) is 0 Å². The predicted molar refractivity (Wildman–Crippen MR) is 62.0 cm³/mol. The van der Waals surface area contributed by atoms with Crippen LogP contribution in [-0.4, -0.2) is 26.6 Å². The summed E-state index contributed by atoms with van der Waals surface area (Å²) >= 11 is 0. The average Bonchev–Trinajstić information content (AvgIpc) is 2.29. The molecule has 1 aromatic rings. The minimum absolute atomic E-state index is 0.0862. The lowest BCUT2D eigenvalue weighted by atomic mass is 10.1. The van der Waals surface area contributed by atoms with Crippen LogP contribution in [0.25, 0.3) is 0 Å². The second-order valence-electron chi connectivity index (χ2n) is 3.58. The van der Waals surface area contributed by atoms with Gasteiger partial charge in [0.25, 0.3) is 0 Å². The molecular formula is C11H13F2NO3S. The van der Waals surface area contributed by atoms with E-state index in [0.29, 0.717) is 12.1 Å². The Morgan fingerprint density at radius 3 is 2.28 bits per heavy atom. The van der Waals surface area contributed by atoms with E-state index in [1.54, 1.807) is 6.92 Å². The zero-order valence-electron chi connectivity index (χ0n) is 9.69. The number of carbonyl (C=O) groups excluding carboxylic acids is 1. The molecule has 0 unspecified atom stereocenters. The molecule has 0 aromatic heterocycles. The van der Waals surface area contributed by atoms with Gasteiger partial charge in [0.1, 0.15) is 0 Å². The largest absolute Gasteiger partial charge is 0.356 e. The average molecular weight is 277 g/mol. The standard InChI is InChI=1S/C11H13F2NO3S/c1-2-14-10(15)7-8-3-5-9(6-4-8)18(16,17)11(12)13/h3-6,11H,2,7H2,1H3,(H,14,15). The van der Waals surface area contributed by atoms with E-state index in [0.717, 1.165) is 12.1 Å². The van der Waals surface area contributed by atoms with Crippen LogP contribution in [0.4, 0.5) is 8.78 Å². The smallest absolute Gasteiger partial charge is 0.341 e. The first-order valence-electron chi connectivity index (χ1n) is 5.25. The topological polar surface area (TPSA) is 63.2 Å². The minimum atomic E-state index is -4.57. The van der Waals surface area contributed by atoms with Gasteiger partial charge in [-0.05, 0) is 24.6 Å². The van der Waals surface area contributed by atoms with Gasteiger partial charge in [-0.3, -0.25) is 4.79 Å². The first kappa shape index (κ1) is 14.6. The molecule has 18 heavy (non-hydrogen) atoms. The number of rotatable bonds is 5. The van der Waals surface area contributed by atoms with Gasteiger partial charge in [0.2, 0.25) is 15.7 Å². The quantitative estimate of drug-likeness (QED) is 0.884. The summed E-state index contributed by atoms with van der Waals surface area (Å²) in [6.07, 6.45) is 0.0862. The molecule has 0 bridgehead atoms. The van der Waals surface area contributed by atoms with E-state index in [-0.39, 0.29) is 12.3 Å². The molecule has 0 saturated carbocycles. The van der Waals surface area contributed by atoms with Crippen molar-refractivity contribution in [3.05, 3.63) is 29.8 Å². The molecule has 0 heterocycles. The molecule has 4 nitrogen and oxygen atoms in total. The Labute approximate surface area is 104 Å². The number of sulfone groups is 1. The Bertz CT molecular complexity index is 512. The van der Waals surface area contributed by atoms with E-state index < -0.39 is 20.5 Å². The highest BCUT2D eigenvalue weighted by molar-refractivity contribution is 7.91. The Morgan fingerprint density at radius 1 is 1.28 bits per heavy atom. The minimum Gasteiger partial charge on any atom is -0.356 e. The van der Waals surface area contributed by atoms with Crippen LogP contribution in [0.2, 0.25) is 0 Å². The number of benzene rings is 1. The van der Waals surface area contributed by atoms with Crippen LogP contribution in [0.1, 0.15) is 12.5 Å². The fourth-order valence-electron chi connectivity index (χ4n) is 1.34. The summed E-state index contributed by atoms with van der Waals surface area (Å²) in [5, 5.41) is 2.58. The van der Waals surface area contributed by atoms with Gasteiger partial charge in [-0.25, -0.2) is 8.42 Å². The number of amides is 1. The number of hydrogen-bond donors (Lipinski definition) is 1. The number of halogens is 2. The molecule has 1 amide bonds. The first-order chi connectivity index (χ1) is 8.37. The van der Waals surface area contributed by atoms with E-state index in [9.17, 15) is 22.0 Å². The van der Waals surface area contributed by atoms with Crippen molar-refractivity contribution >= 4 is 15.7 Å². The molecule has 0 aliphatic rings. The highest BCUT2D eigenvalue weighted by Crippen LogP contribution is 2.18. The lowest BCUT2D eigenvalue weighted by Gasteiger charge is -2.05. The van der Waals surface area contributed by atoms with E-state index in [2.05, 4.69) is 5.32 Å². The third kappa shape index (κ3) is 3.49. The van der Waals surface area contributed by atoms with Gasteiger partial charge >= 0.3 is 5.76 Å². The summed E-state index contributed by atoms with van der Waals surface area (Å²) in [5.41, 5.74) is 0.564. The van der Waals surface area contributed by atoms with E-state index in [1.807, 2.05) is 0 Å². The second kappa shape index (κ2) is 5.90. The lowest BCUT2D eigenvalue weighted by Crippen LogP contribution is -2.24. The van der Waals surface area contributed by atoms with Crippen molar-refractivity contribution in [1.29, 1.82) is 0 Å². The van der Waals surface area contributed by atoms with Crippen molar-refractivity contribution in [2.75, 3.05) is 6.54 Å². The monoisotopic (exact) mass is 277 g/mol. The summed E-state index contributed by atoms with van der Waals surface area (Å²) in [6.45, 7) is 2.27. The molecule has 1 rings (SSSR count). The van der Waals surface area contributed by atoms with Crippen LogP contribution in [0.15, 0.2) is 29.2 Å². The molecule has 0 aliphatic carbocycles. The molecule has 1 N–H and O–H groups in total. The second-order valence-corrected chi connectivity index (χ2v) is 5.50. The number of hydrogen-bond acceptors (Lipinski definition) is 3. The number of likely N-dealkylation sites (N-methyl/N-ethyl adjacent to an activating group) is 1. The van der Waals surface area contributed by atoms with Gasteiger partial charge in [-0.1, -0.05) is 12.1 Å². The molecule has 1 aromatic carbocycles. The molecule has 0 aliphatic heterocycles. The molecule has 0 saturated heterocycles. The molecule has 0 spiro atoms. The number of alkyl halides is 2. The van der Waals surface area contributed by atoms with Crippen molar-refractivity contribution in [3.63, 3.8) is 0 Å². The van der Waals surface area contributed by atoms with Crippen LogP contribution >= 0.6 is 0 Å². The molecular weight excluding hydrogens is 264 g/mol. The maximum absolute atomic E-state index is 12.3. The number of carbonyl (C=O) groups is 1. The highest BCUT2D eigenvalue weighted by Gasteiger charge is 2.26. The van der Waals surface area contributed by atoms with Crippen molar-refractivity contribution in [2.24, 2.45) is 0 Å². The van der Waals surface area contributed by atoms with E-state index in [4.69, 9.17) is 0 Å². The van der Waals surface area contributed by atoms with Gasteiger partial charge in [-0.15, -0.1) is 0 Å². The molecule has 0 atom stereocenters.